The van der Waals surface area contributed by atoms with Crippen LogP contribution >= 0.6 is 0 Å². The molecule has 174 valence electrons. The summed E-state index contributed by atoms with van der Waals surface area (Å²) in [5.41, 5.74) is 0. The first-order valence-electron chi connectivity index (χ1n) is 11.7. The minimum Gasteiger partial charge on any atom is -0.324 e. The number of piperidine rings is 1. The Morgan fingerprint density at radius 1 is 1.03 bits per heavy atom. The Hall–Kier alpha value is -2.16. The first-order valence-corrected chi connectivity index (χ1v) is 13.2. The SMILES string of the molecule is CN(C(=O)N(CC1CCCNC1)NS(=O)(=O)c1ccc2ccccc2c1)C1CCCCC1. The van der Waals surface area contributed by atoms with Crippen molar-refractivity contribution in [3.8, 4) is 0 Å². The average molecular weight is 459 g/mol. The van der Waals surface area contributed by atoms with Crippen LogP contribution in [0.5, 0.6) is 0 Å². The molecule has 0 aromatic heterocycles. The summed E-state index contributed by atoms with van der Waals surface area (Å²) in [7, 11) is -2.10. The number of carbonyl (C=O) groups excluding carboxylic acids is 1. The Bertz CT molecular complexity index is 1030. The summed E-state index contributed by atoms with van der Waals surface area (Å²) in [6.07, 6.45) is 7.36. The smallest absolute Gasteiger partial charge is 0.324 e. The lowest BCUT2D eigenvalue weighted by atomic mass is 9.94. The third-order valence-corrected chi connectivity index (χ3v) is 8.09. The van der Waals surface area contributed by atoms with Gasteiger partial charge in [-0.05, 0) is 67.6 Å². The number of hydrogen-bond acceptors (Lipinski definition) is 4. The molecular formula is C24H34N4O3S. The molecule has 2 fully saturated rings. The van der Waals surface area contributed by atoms with Gasteiger partial charge in [-0.1, -0.05) is 49.6 Å². The van der Waals surface area contributed by atoms with Crippen LogP contribution in [0.4, 0.5) is 4.79 Å². The molecule has 1 aliphatic heterocycles. The third-order valence-electron chi connectivity index (χ3n) is 6.76. The van der Waals surface area contributed by atoms with Gasteiger partial charge in [-0.15, -0.1) is 4.83 Å². The lowest BCUT2D eigenvalue weighted by Gasteiger charge is -2.37. The molecule has 2 aliphatic rings. The van der Waals surface area contributed by atoms with E-state index >= 15 is 0 Å². The second kappa shape index (κ2) is 10.2. The number of nitrogens with one attached hydrogen (secondary N) is 2. The van der Waals surface area contributed by atoms with Crippen LogP contribution in [0, 0.1) is 5.92 Å². The molecular weight excluding hydrogens is 424 g/mol. The lowest BCUT2D eigenvalue weighted by Crippen LogP contribution is -2.55. The van der Waals surface area contributed by atoms with Gasteiger partial charge in [-0.25, -0.2) is 18.2 Å². The van der Waals surface area contributed by atoms with E-state index in [1.54, 1.807) is 30.1 Å². The highest BCUT2D eigenvalue weighted by atomic mass is 32.2. The fraction of sp³-hybridized carbons (Fsp3) is 0.542. The topological polar surface area (TPSA) is 81.8 Å². The van der Waals surface area contributed by atoms with E-state index in [9.17, 15) is 13.2 Å². The minimum atomic E-state index is -3.90. The van der Waals surface area contributed by atoms with E-state index in [1.807, 2.05) is 24.3 Å². The Labute approximate surface area is 191 Å². The molecule has 4 rings (SSSR count). The van der Waals surface area contributed by atoms with Gasteiger partial charge >= 0.3 is 6.03 Å². The fourth-order valence-corrected chi connectivity index (χ4v) is 5.92. The van der Waals surface area contributed by atoms with Gasteiger partial charge in [-0.3, -0.25) is 0 Å². The van der Waals surface area contributed by atoms with Gasteiger partial charge in [0.2, 0.25) is 0 Å². The second-order valence-corrected chi connectivity index (χ2v) is 10.8. The van der Waals surface area contributed by atoms with Crippen molar-refractivity contribution in [3.63, 3.8) is 0 Å². The van der Waals surface area contributed by atoms with Gasteiger partial charge in [0.05, 0.1) is 4.90 Å². The van der Waals surface area contributed by atoms with Crippen LogP contribution in [0.3, 0.4) is 0 Å². The van der Waals surface area contributed by atoms with Crippen molar-refractivity contribution < 1.29 is 13.2 Å². The van der Waals surface area contributed by atoms with Crippen LogP contribution in [-0.4, -0.2) is 57.1 Å². The van der Waals surface area contributed by atoms with Crippen LogP contribution in [-0.2, 0) is 10.0 Å². The summed E-state index contributed by atoms with van der Waals surface area (Å²) in [4.78, 5) is 18.0. The molecule has 0 bridgehead atoms. The Morgan fingerprint density at radius 3 is 2.50 bits per heavy atom. The van der Waals surface area contributed by atoms with E-state index in [0.29, 0.717) is 6.54 Å². The fourth-order valence-electron chi connectivity index (χ4n) is 4.84. The zero-order valence-electron chi connectivity index (χ0n) is 18.8. The van der Waals surface area contributed by atoms with Crippen molar-refractivity contribution in [2.45, 2.75) is 55.9 Å². The van der Waals surface area contributed by atoms with Crippen LogP contribution in [0.2, 0.25) is 0 Å². The highest BCUT2D eigenvalue weighted by Crippen LogP contribution is 2.24. The molecule has 1 saturated heterocycles. The number of urea groups is 1. The highest BCUT2D eigenvalue weighted by Gasteiger charge is 2.31. The molecule has 7 nitrogen and oxygen atoms in total. The molecule has 1 atom stereocenters. The number of fused-ring (bicyclic) bond motifs is 1. The summed E-state index contributed by atoms with van der Waals surface area (Å²) in [5, 5.41) is 6.52. The summed E-state index contributed by atoms with van der Waals surface area (Å²) in [5.74, 6) is 0.215. The van der Waals surface area contributed by atoms with Gasteiger partial charge < -0.3 is 10.2 Å². The standard InChI is InChI=1S/C24H34N4O3S/c1-27(22-11-3-2-4-12-22)24(29)28(18-19-8-7-15-25-17-19)26-32(30,31)23-14-13-20-9-5-6-10-21(20)16-23/h5-6,9-10,13-14,16,19,22,25-26H,2-4,7-8,11-12,15,17-18H2,1H3. The maximum absolute atomic E-state index is 13.4. The summed E-state index contributed by atoms with van der Waals surface area (Å²) >= 11 is 0. The average Bonchev–Trinajstić information content (AvgIpc) is 2.83. The van der Waals surface area contributed by atoms with Crippen LogP contribution in [0.1, 0.15) is 44.9 Å². The number of nitrogens with zero attached hydrogens (tertiary/aromatic N) is 2. The lowest BCUT2D eigenvalue weighted by molar-refractivity contribution is 0.116. The molecule has 2 N–H and O–H groups in total. The largest absolute Gasteiger partial charge is 0.335 e. The highest BCUT2D eigenvalue weighted by molar-refractivity contribution is 7.89. The number of sulfonamides is 1. The van der Waals surface area contributed by atoms with E-state index in [1.165, 1.54) is 11.4 Å². The molecule has 0 spiro atoms. The first kappa shape index (κ1) is 23.0. The minimum absolute atomic E-state index is 0.161. The molecule has 0 radical (unpaired) electrons. The number of carbonyl (C=O) groups is 1. The van der Waals surface area contributed by atoms with E-state index in [4.69, 9.17) is 0 Å². The zero-order chi connectivity index (χ0) is 22.6. The predicted octanol–water partition coefficient (Wildman–Crippen LogP) is 3.72. The van der Waals surface area contributed by atoms with Gasteiger partial charge in [0, 0.05) is 19.6 Å². The third kappa shape index (κ3) is 5.42. The number of rotatable bonds is 6. The van der Waals surface area contributed by atoms with E-state index < -0.39 is 10.0 Å². The van der Waals surface area contributed by atoms with Crippen molar-refractivity contribution in [3.05, 3.63) is 42.5 Å². The van der Waals surface area contributed by atoms with Crippen molar-refractivity contribution in [1.82, 2.24) is 20.1 Å². The quantitative estimate of drug-likeness (QED) is 0.647. The summed E-state index contributed by atoms with van der Waals surface area (Å²) in [6.45, 7) is 2.11. The molecule has 2 aromatic rings. The summed E-state index contributed by atoms with van der Waals surface area (Å²) < 4.78 is 26.6. The number of benzene rings is 2. The van der Waals surface area contributed by atoms with Gasteiger partial charge in [0.1, 0.15) is 0 Å². The van der Waals surface area contributed by atoms with Crippen molar-refractivity contribution in [2.75, 3.05) is 26.7 Å². The van der Waals surface area contributed by atoms with Gasteiger partial charge in [0.15, 0.2) is 0 Å². The molecule has 8 heteroatoms. The van der Waals surface area contributed by atoms with Gasteiger partial charge in [-0.2, -0.15) is 0 Å². The molecule has 32 heavy (non-hydrogen) atoms. The van der Waals surface area contributed by atoms with E-state index in [-0.39, 0.29) is 22.9 Å². The van der Waals surface area contributed by atoms with Crippen molar-refractivity contribution >= 4 is 26.8 Å². The monoisotopic (exact) mass is 458 g/mol. The second-order valence-electron chi connectivity index (χ2n) is 9.11. The number of amides is 2. The van der Waals surface area contributed by atoms with Crippen LogP contribution < -0.4 is 10.1 Å². The Morgan fingerprint density at radius 2 is 1.78 bits per heavy atom. The van der Waals surface area contributed by atoms with Crippen molar-refractivity contribution in [2.24, 2.45) is 5.92 Å². The Kier molecular flexibility index (Phi) is 7.33. The zero-order valence-corrected chi connectivity index (χ0v) is 19.6. The van der Waals surface area contributed by atoms with Crippen LogP contribution in [0.15, 0.2) is 47.4 Å². The molecule has 1 aliphatic carbocycles. The first-order chi connectivity index (χ1) is 15.4. The normalized spacial score (nSPS) is 20.2. The molecule has 1 unspecified atom stereocenters. The predicted molar refractivity (Wildman–Crippen MR) is 127 cm³/mol. The Balaban J connectivity index is 1.56. The molecule has 2 aromatic carbocycles. The molecule has 1 saturated carbocycles. The van der Waals surface area contributed by atoms with Gasteiger partial charge in [0.25, 0.3) is 10.0 Å². The van der Waals surface area contributed by atoms with E-state index in [2.05, 4.69) is 10.1 Å². The molecule has 1 heterocycles. The maximum atomic E-state index is 13.4. The summed E-state index contributed by atoms with van der Waals surface area (Å²) in [6, 6.07) is 12.6. The number of hydrogen-bond donors (Lipinski definition) is 2. The van der Waals surface area contributed by atoms with Crippen molar-refractivity contribution in [1.29, 1.82) is 0 Å². The number of hydrazine groups is 1. The van der Waals surface area contributed by atoms with E-state index in [0.717, 1.165) is 62.4 Å². The molecule has 2 amide bonds. The van der Waals surface area contributed by atoms with Crippen LogP contribution in [0.25, 0.3) is 10.8 Å². The maximum Gasteiger partial charge on any atom is 0.335 e.